The fourth-order valence-corrected chi connectivity index (χ4v) is 1.82. The molecule has 1 aromatic carbocycles. The first kappa shape index (κ1) is 12.3. The third-order valence-corrected chi connectivity index (χ3v) is 3.02. The first-order valence-corrected chi connectivity index (χ1v) is 5.71. The van der Waals surface area contributed by atoms with Crippen LogP contribution < -0.4 is 0 Å². The lowest BCUT2D eigenvalue weighted by Crippen LogP contribution is -1.96. The highest BCUT2D eigenvalue weighted by Crippen LogP contribution is 2.29. The molecular formula is C12H10Cl2N2O. The molecule has 0 unspecified atom stereocenters. The van der Waals surface area contributed by atoms with Crippen molar-refractivity contribution in [1.29, 1.82) is 0 Å². The minimum atomic E-state index is 0.455. The molecule has 0 aliphatic heterocycles. The van der Waals surface area contributed by atoms with Crippen LogP contribution in [0.5, 0.6) is 0 Å². The molecule has 1 aromatic heterocycles. The third kappa shape index (κ3) is 2.75. The normalized spacial score (nSPS) is 10.5. The van der Waals surface area contributed by atoms with E-state index in [2.05, 4.69) is 9.97 Å². The monoisotopic (exact) mass is 268 g/mol. The van der Waals surface area contributed by atoms with Crippen LogP contribution >= 0.6 is 23.2 Å². The van der Waals surface area contributed by atoms with Crippen LogP contribution in [0.4, 0.5) is 0 Å². The summed E-state index contributed by atoms with van der Waals surface area (Å²) in [6.07, 6.45) is 3.23. The molecule has 0 bridgehead atoms. The highest BCUT2D eigenvalue weighted by atomic mass is 35.5. The van der Waals surface area contributed by atoms with Crippen LogP contribution in [0.25, 0.3) is 11.3 Å². The average molecular weight is 269 g/mol. The Labute approximate surface area is 109 Å². The zero-order chi connectivity index (χ0) is 12.3. The SMILES string of the molecule is COCc1cncnc1-c1ccc(Cl)c(Cl)c1. The van der Waals surface area contributed by atoms with Gasteiger partial charge in [0, 0.05) is 24.4 Å². The zero-order valence-electron chi connectivity index (χ0n) is 9.15. The van der Waals surface area contributed by atoms with Gasteiger partial charge in [-0.15, -0.1) is 0 Å². The van der Waals surface area contributed by atoms with E-state index in [9.17, 15) is 0 Å². The van der Waals surface area contributed by atoms with Gasteiger partial charge in [0.1, 0.15) is 6.33 Å². The van der Waals surface area contributed by atoms with E-state index in [0.29, 0.717) is 16.7 Å². The molecule has 0 radical (unpaired) electrons. The van der Waals surface area contributed by atoms with Crippen molar-refractivity contribution in [3.63, 3.8) is 0 Å². The molecule has 17 heavy (non-hydrogen) atoms. The number of ether oxygens (including phenoxy) is 1. The van der Waals surface area contributed by atoms with Gasteiger partial charge in [-0.3, -0.25) is 0 Å². The molecule has 3 nitrogen and oxygen atoms in total. The first-order chi connectivity index (χ1) is 8.22. The predicted molar refractivity (Wildman–Crippen MR) is 68.2 cm³/mol. The van der Waals surface area contributed by atoms with Crippen molar-refractivity contribution >= 4 is 23.2 Å². The van der Waals surface area contributed by atoms with Crippen LogP contribution in [-0.2, 0) is 11.3 Å². The van der Waals surface area contributed by atoms with E-state index in [4.69, 9.17) is 27.9 Å². The highest BCUT2D eigenvalue weighted by Gasteiger charge is 2.08. The topological polar surface area (TPSA) is 35.0 Å². The summed E-state index contributed by atoms with van der Waals surface area (Å²) >= 11 is 11.9. The van der Waals surface area contributed by atoms with Crippen LogP contribution in [0.2, 0.25) is 10.0 Å². The van der Waals surface area contributed by atoms with Gasteiger partial charge < -0.3 is 4.74 Å². The van der Waals surface area contributed by atoms with Crippen molar-refractivity contribution < 1.29 is 4.74 Å². The van der Waals surface area contributed by atoms with Crippen molar-refractivity contribution in [2.45, 2.75) is 6.61 Å². The van der Waals surface area contributed by atoms with Gasteiger partial charge >= 0.3 is 0 Å². The zero-order valence-corrected chi connectivity index (χ0v) is 10.7. The molecule has 0 amide bonds. The number of rotatable bonds is 3. The number of hydrogen-bond donors (Lipinski definition) is 0. The maximum atomic E-state index is 5.99. The molecule has 0 aliphatic carbocycles. The van der Waals surface area contributed by atoms with E-state index in [1.807, 2.05) is 6.07 Å². The summed E-state index contributed by atoms with van der Waals surface area (Å²) < 4.78 is 5.10. The first-order valence-electron chi connectivity index (χ1n) is 4.95. The van der Waals surface area contributed by atoms with E-state index in [1.54, 1.807) is 25.4 Å². The quantitative estimate of drug-likeness (QED) is 0.853. The molecule has 2 rings (SSSR count). The van der Waals surface area contributed by atoms with E-state index in [1.165, 1.54) is 6.33 Å². The molecule has 0 fully saturated rings. The number of hydrogen-bond acceptors (Lipinski definition) is 3. The van der Waals surface area contributed by atoms with Crippen LogP contribution in [0, 0.1) is 0 Å². The molecule has 0 spiro atoms. The van der Waals surface area contributed by atoms with Crippen LogP contribution in [0.1, 0.15) is 5.56 Å². The molecule has 88 valence electrons. The van der Waals surface area contributed by atoms with E-state index in [0.717, 1.165) is 16.8 Å². The van der Waals surface area contributed by atoms with Crippen molar-refractivity contribution in [2.24, 2.45) is 0 Å². The number of methoxy groups -OCH3 is 1. The molecule has 1 heterocycles. The average Bonchev–Trinajstić information content (AvgIpc) is 2.34. The maximum Gasteiger partial charge on any atom is 0.116 e. The lowest BCUT2D eigenvalue weighted by atomic mass is 10.1. The fraction of sp³-hybridized carbons (Fsp3) is 0.167. The summed E-state index contributed by atoms with van der Waals surface area (Å²) in [6.45, 7) is 0.455. The van der Waals surface area contributed by atoms with Gasteiger partial charge in [-0.1, -0.05) is 29.3 Å². The van der Waals surface area contributed by atoms with Crippen molar-refractivity contribution in [3.8, 4) is 11.3 Å². The largest absolute Gasteiger partial charge is 0.380 e. The molecular weight excluding hydrogens is 259 g/mol. The van der Waals surface area contributed by atoms with Gasteiger partial charge in [-0.05, 0) is 12.1 Å². The highest BCUT2D eigenvalue weighted by molar-refractivity contribution is 6.42. The summed E-state index contributed by atoms with van der Waals surface area (Å²) in [7, 11) is 1.63. The second-order valence-electron chi connectivity index (χ2n) is 3.46. The smallest absolute Gasteiger partial charge is 0.116 e. The Hall–Kier alpha value is -1.16. The van der Waals surface area contributed by atoms with Gasteiger partial charge in [-0.25, -0.2) is 9.97 Å². The van der Waals surface area contributed by atoms with Gasteiger partial charge in [0.25, 0.3) is 0 Å². The lowest BCUT2D eigenvalue weighted by molar-refractivity contribution is 0.184. The molecule has 0 N–H and O–H groups in total. The molecule has 2 aromatic rings. The summed E-state index contributed by atoms with van der Waals surface area (Å²) in [5, 5.41) is 1.03. The third-order valence-electron chi connectivity index (χ3n) is 2.28. The van der Waals surface area contributed by atoms with Crippen molar-refractivity contribution in [2.75, 3.05) is 7.11 Å². The number of benzene rings is 1. The standard InChI is InChI=1S/C12H10Cl2N2O/c1-17-6-9-5-15-7-16-12(9)8-2-3-10(13)11(14)4-8/h2-5,7H,6H2,1H3. The van der Waals surface area contributed by atoms with Gasteiger partial charge in [-0.2, -0.15) is 0 Å². The maximum absolute atomic E-state index is 5.99. The van der Waals surface area contributed by atoms with Gasteiger partial charge in [0.2, 0.25) is 0 Å². The van der Waals surface area contributed by atoms with Gasteiger partial charge in [0.15, 0.2) is 0 Å². The van der Waals surface area contributed by atoms with E-state index >= 15 is 0 Å². The Bertz CT molecular complexity index is 532. The Balaban J connectivity index is 2.48. The minimum Gasteiger partial charge on any atom is -0.380 e. The van der Waals surface area contributed by atoms with E-state index in [-0.39, 0.29) is 0 Å². The second kappa shape index (κ2) is 5.45. The summed E-state index contributed by atoms with van der Waals surface area (Å²) in [4.78, 5) is 8.22. The Morgan fingerprint density at radius 1 is 1.24 bits per heavy atom. The van der Waals surface area contributed by atoms with E-state index < -0.39 is 0 Å². The van der Waals surface area contributed by atoms with Crippen molar-refractivity contribution in [1.82, 2.24) is 9.97 Å². The summed E-state index contributed by atoms with van der Waals surface area (Å²) in [6, 6.07) is 5.40. The molecule has 0 saturated carbocycles. The lowest BCUT2D eigenvalue weighted by Gasteiger charge is -2.07. The molecule has 0 saturated heterocycles. The second-order valence-corrected chi connectivity index (χ2v) is 4.27. The van der Waals surface area contributed by atoms with Crippen LogP contribution in [0.15, 0.2) is 30.7 Å². The molecule has 0 aliphatic rings. The summed E-state index contributed by atoms with van der Waals surface area (Å²) in [5.74, 6) is 0. The molecule has 0 atom stereocenters. The molecule has 5 heteroatoms. The fourth-order valence-electron chi connectivity index (χ4n) is 1.52. The number of aromatic nitrogens is 2. The number of halogens is 2. The van der Waals surface area contributed by atoms with Crippen LogP contribution in [0.3, 0.4) is 0 Å². The Morgan fingerprint density at radius 3 is 2.76 bits per heavy atom. The van der Waals surface area contributed by atoms with Crippen molar-refractivity contribution in [3.05, 3.63) is 46.3 Å². The Kier molecular flexibility index (Phi) is 3.94. The number of nitrogens with zero attached hydrogens (tertiary/aromatic N) is 2. The summed E-state index contributed by atoms with van der Waals surface area (Å²) in [5.41, 5.74) is 2.61. The van der Waals surface area contributed by atoms with Gasteiger partial charge in [0.05, 0.1) is 22.3 Å². The predicted octanol–water partition coefficient (Wildman–Crippen LogP) is 3.60. The minimum absolute atomic E-state index is 0.455. The van der Waals surface area contributed by atoms with Crippen LogP contribution in [-0.4, -0.2) is 17.1 Å². The Morgan fingerprint density at radius 2 is 2.06 bits per heavy atom.